The molecule has 0 N–H and O–H groups in total. The Balaban J connectivity index is 1.92. The van der Waals surface area contributed by atoms with E-state index in [0.29, 0.717) is 16.8 Å². The van der Waals surface area contributed by atoms with Crippen molar-refractivity contribution in [1.82, 2.24) is 4.31 Å². The van der Waals surface area contributed by atoms with Gasteiger partial charge in [0.2, 0.25) is 0 Å². The molecule has 0 amide bonds. The van der Waals surface area contributed by atoms with Crippen LogP contribution in [0.5, 0.6) is 0 Å². The van der Waals surface area contributed by atoms with Gasteiger partial charge in [-0.25, -0.2) is 12.8 Å². The molecule has 3 aromatic rings. The molecule has 6 heteroatoms. The van der Waals surface area contributed by atoms with Crippen LogP contribution in [0.1, 0.15) is 24.0 Å². The number of hydrogen-bond donors (Lipinski definition) is 0. The fraction of sp³-hybridized carbons (Fsp3) is 0.160. The van der Waals surface area contributed by atoms with Crippen LogP contribution in [-0.2, 0) is 14.8 Å². The van der Waals surface area contributed by atoms with Crippen LogP contribution in [0.4, 0.5) is 4.39 Å². The topological polar surface area (TPSA) is 54.5 Å². The second-order valence-corrected chi connectivity index (χ2v) is 9.39. The minimum atomic E-state index is -3.92. The number of allylic oxidation sites excluding steroid dienone is 1. The minimum absolute atomic E-state index is 0.0632. The Kier molecular flexibility index (Phi) is 5.74. The summed E-state index contributed by atoms with van der Waals surface area (Å²) in [6.45, 7) is 1.36. The fourth-order valence-corrected chi connectivity index (χ4v) is 5.53. The molecule has 0 unspecified atom stereocenters. The van der Waals surface area contributed by atoms with E-state index in [0.717, 1.165) is 0 Å². The lowest BCUT2D eigenvalue weighted by molar-refractivity contribution is -0.121. The smallest absolute Gasteiger partial charge is 0.264 e. The van der Waals surface area contributed by atoms with Gasteiger partial charge in [0.25, 0.3) is 10.0 Å². The number of ketones is 1. The molecule has 0 saturated heterocycles. The van der Waals surface area contributed by atoms with Crippen LogP contribution < -0.4 is 0 Å². The van der Waals surface area contributed by atoms with E-state index >= 15 is 0 Å². The quantitative estimate of drug-likeness (QED) is 0.575. The van der Waals surface area contributed by atoms with Gasteiger partial charge in [-0.1, -0.05) is 72.8 Å². The molecule has 0 fully saturated rings. The van der Waals surface area contributed by atoms with Gasteiger partial charge in [-0.3, -0.25) is 9.10 Å². The maximum absolute atomic E-state index is 14.7. The summed E-state index contributed by atoms with van der Waals surface area (Å²) < 4.78 is 43.0. The minimum Gasteiger partial charge on any atom is -0.300 e. The molecule has 0 aromatic heterocycles. The van der Waals surface area contributed by atoms with Crippen LogP contribution in [0.3, 0.4) is 0 Å². The van der Waals surface area contributed by atoms with E-state index < -0.39 is 27.7 Å². The maximum atomic E-state index is 14.7. The Morgan fingerprint density at radius 3 is 2.10 bits per heavy atom. The molecule has 158 valence electrons. The lowest BCUT2D eigenvalue weighted by Crippen LogP contribution is -2.42. The molecule has 4 nitrogen and oxygen atoms in total. The van der Waals surface area contributed by atoms with E-state index in [2.05, 4.69) is 0 Å². The zero-order valence-corrected chi connectivity index (χ0v) is 17.8. The first-order valence-corrected chi connectivity index (χ1v) is 11.4. The van der Waals surface area contributed by atoms with Crippen LogP contribution in [0.25, 0.3) is 5.70 Å². The predicted octanol–water partition coefficient (Wildman–Crippen LogP) is 4.86. The average Bonchev–Trinajstić information content (AvgIpc) is 2.79. The van der Waals surface area contributed by atoms with Crippen molar-refractivity contribution in [3.05, 3.63) is 108 Å². The summed E-state index contributed by atoms with van der Waals surface area (Å²) in [5, 5.41) is 0. The zero-order valence-electron chi connectivity index (χ0n) is 17.0. The highest BCUT2D eigenvalue weighted by atomic mass is 32.2. The van der Waals surface area contributed by atoms with Crippen LogP contribution in [-0.4, -0.2) is 25.1 Å². The molecule has 1 heterocycles. The second-order valence-electron chi connectivity index (χ2n) is 7.53. The summed E-state index contributed by atoms with van der Waals surface area (Å²) in [5.41, 5.74) is 1.51. The lowest BCUT2D eigenvalue weighted by Gasteiger charge is -2.38. The van der Waals surface area contributed by atoms with Gasteiger partial charge in [-0.05, 0) is 36.2 Å². The van der Waals surface area contributed by atoms with Gasteiger partial charge in [-0.2, -0.15) is 0 Å². The van der Waals surface area contributed by atoms with Crippen molar-refractivity contribution in [1.29, 1.82) is 0 Å². The van der Waals surface area contributed by atoms with E-state index in [9.17, 15) is 17.6 Å². The van der Waals surface area contributed by atoms with Gasteiger partial charge in [0, 0.05) is 18.4 Å². The zero-order chi connectivity index (χ0) is 22.0. The van der Waals surface area contributed by atoms with Gasteiger partial charge in [-0.15, -0.1) is 0 Å². The molecule has 1 aliphatic heterocycles. The summed E-state index contributed by atoms with van der Waals surface area (Å²) in [7, 11) is -3.92. The van der Waals surface area contributed by atoms with Crippen molar-refractivity contribution >= 4 is 21.5 Å². The normalized spacial score (nSPS) is 19.0. The molecule has 31 heavy (non-hydrogen) atoms. The van der Waals surface area contributed by atoms with Crippen LogP contribution in [0.2, 0.25) is 0 Å². The molecular formula is C25H22FNO3S. The summed E-state index contributed by atoms with van der Waals surface area (Å²) >= 11 is 0. The van der Waals surface area contributed by atoms with Gasteiger partial charge >= 0.3 is 0 Å². The molecule has 0 spiro atoms. The number of halogens is 1. The Morgan fingerprint density at radius 1 is 0.903 bits per heavy atom. The predicted molar refractivity (Wildman–Crippen MR) is 118 cm³/mol. The van der Waals surface area contributed by atoms with Crippen molar-refractivity contribution < 1.29 is 17.6 Å². The first-order valence-electron chi connectivity index (χ1n) is 9.99. The van der Waals surface area contributed by atoms with Gasteiger partial charge in [0.1, 0.15) is 11.6 Å². The lowest BCUT2D eigenvalue weighted by atomic mass is 9.80. The average molecular weight is 436 g/mol. The first-order chi connectivity index (χ1) is 14.9. The van der Waals surface area contributed by atoms with Crippen molar-refractivity contribution in [3.8, 4) is 0 Å². The molecule has 0 saturated carbocycles. The molecule has 2 atom stereocenters. The fourth-order valence-electron chi connectivity index (χ4n) is 3.99. The van der Waals surface area contributed by atoms with E-state index in [1.54, 1.807) is 42.5 Å². The highest BCUT2D eigenvalue weighted by Gasteiger charge is 2.39. The Hall–Kier alpha value is -3.25. The van der Waals surface area contributed by atoms with Gasteiger partial charge in [0.05, 0.1) is 10.6 Å². The highest BCUT2D eigenvalue weighted by Crippen LogP contribution is 2.41. The third-order valence-electron chi connectivity index (χ3n) is 5.59. The Labute approximate surface area is 181 Å². The van der Waals surface area contributed by atoms with Gasteiger partial charge in [0.15, 0.2) is 0 Å². The number of hydrogen-bond acceptors (Lipinski definition) is 3. The summed E-state index contributed by atoms with van der Waals surface area (Å²) in [6.07, 6.45) is 1.71. The molecular weight excluding hydrogens is 413 g/mol. The maximum Gasteiger partial charge on any atom is 0.264 e. The third-order valence-corrected chi connectivity index (χ3v) is 7.38. The molecule has 4 rings (SSSR count). The first kappa shape index (κ1) is 21.0. The summed E-state index contributed by atoms with van der Waals surface area (Å²) in [6, 6.07) is 23.6. The molecule has 0 radical (unpaired) electrons. The van der Waals surface area contributed by atoms with Crippen molar-refractivity contribution in [2.75, 3.05) is 6.54 Å². The number of rotatable bonds is 5. The van der Waals surface area contributed by atoms with E-state index in [1.807, 2.05) is 30.3 Å². The van der Waals surface area contributed by atoms with Crippen LogP contribution >= 0.6 is 0 Å². The molecule has 1 aliphatic rings. The number of carbonyl (C=O) groups is 1. The van der Waals surface area contributed by atoms with E-state index in [-0.39, 0.29) is 17.2 Å². The number of carbonyl (C=O) groups excluding carboxylic acids is 1. The summed E-state index contributed by atoms with van der Waals surface area (Å²) in [4.78, 5) is 12.7. The third kappa shape index (κ3) is 4.03. The summed E-state index contributed by atoms with van der Waals surface area (Å²) in [5.74, 6) is -1.88. The van der Waals surface area contributed by atoms with Gasteiger partial charge < -0.3 is 0 Å². The SMILES string of the molecule is CC(=O)[C@H]1CN(S(=O)(=O)c2ccccc2)C(c2ccccc2)=C[C@@H]1c1ccccc1F. The number of nitrogens with zero attached hydrogens (tertiary/aromatic N) is 1. The van der Waals surface area contributed by atoms with E-state index in [1.165, 1.54) is 29.4 Å². The van der Waals surface area contributed by atoms with Crippen LogP contribution in [0, 0.1) is 11.7 Å². The van der Waals surface area contributed by atoms with E-state index in [4.69, 9.17) is 0 Å². The monoisotopic (exact) mass is 435 g/mol. The molecule has 0 aliphatic carbocycles. The van der Waals surface area contributed by atoms with Crippen molar-refractivity contribution in [2.45, 2.75) is 17.7 Å². The largest absolute Gasteiger partial charge is 0.300 e. The molecule has 0 bridgehead atoms. The second kappa shape index (κ2) is 8.47. The van der Waals surface area contributed by atoms with Crippen molar-refractivity contribution in [2.24, 2.45) is 5.92 Å². The highest BCUT2D eigenvalue weighted by molar-refractivity contribution is 7.89. The Morgan fingerprint density at radius 2 is 1.48 bits per heavy atom. The Bertz CT molecular complexity index is 1220. The number of sulfonamides is 1. The standard InChI is InChI=1S/C25H22FNO3S/c1-18(28)23-17-27(31(29,30)20-12-6-3-7-13-20)25(19-10-4-2-5-11-19)16-22(23)21-14-8-9-15-24(21)26/h2-16,22-23H,17H2,1H3/t22-,23-/m1/s1. The van der Waals surface area contributed by atoms with Crippen LogP contribution in [0.15, 0.2) is 95.9 Å². The number of benzene rings is 3. The molecule has 3 aromatic carbocycles. The number of Topliss-reactive ketones (excluding diaryl/α,β-unsaturated/α-hetero) is 1. The van der Waals surface area contributed by atoms with Crippen molar-refractivity contribution in [3.63, 3.8) is 0 Å².